The zero-order chi connectivity index (χ0) is 13.0. The highest BCUT2D eigenvalue weighted by Crippen LogP contribution is 2.22. The van der Waals surface area contributed by atoms with Gasteiger partial charge in [0.1, 0.15) is 0 Å². The summed E-state index contributed by atoms with van der Waals surface area (Å²) in [5.41, 5.74) is 3.35. The summed E-state index contributed by atoms with van der Waals surface area (Å²) in [6.45, 7) is 0.811. The van der Waals surface area contributed by atoms with E-state index >= 15 is 0 Å². The molecule has 94 valence electrons. The van der Waals surface area contributed by atoms with Crippen molar-refractivity contribution < 1.29 is 0 Å². The van der Waals surface area contributed by atoms with Crippen molar-refractivity contribution in [1.29, 1.82) is 0 Å². The molecule has 0 aliphatic carbocycles. The lowest BCUT2D eigenvalue weighted by Crippen LogP contribution is -2.17. The van der Waals surface area contributed by atoms with Gasteiger partial charge in [-0.15, -0.1) is 11.6 Å². The highest BCUT2D eigenvalue weighted by molar-refractivity contribution is 6.30. The second-order valence-electron chi connectivity index (χ2n) is 4.12. The van der Waals surface area contributed by atoms with Crippen molar-refractivity contribution >= 4 is 28.9 Å². The number of aromatic nitrogens is 1. The van der Waals surface area contributed by atoms with E-state index in [1.54, 1.807) is 12.4 Å². The van der Waals surface area contributed by atoms with Crippen LogP contribution in [0.1, 0.15) is 11.1 Å². The van der Waals surface area contributed by atoms with Crippen molar-refractivity contribution in [2.45, 2.75) is 12.4 Å². The lowest BCUT2D eigenvalue weighted by molar-refractivity contribution is 0.912. The average Bonchev–Trinajstić information content (AvgIpc) is 2.41. The van der Waals surface area contributed by atoms with Gasteiger partial charge in [0.25, 0.3) is 0 Å². The van der Waals surface area contributed by atoms with Crippen molar-refractivity contribution in [2.24, 2.45) is 0 Å². The van der Waals surface area contributed by atoms with E-state index in [9.17, 15) is 0 Å². The molecule has 0 saturated carbocycles. The molecule has 0 amide bonds. The molecule has 1 heterocycles. The summed E-state index contributed by atoms with van der Waals surface area (Å²) >= 11 is 11.8. The molecule has 1 aromatic carbocycles. The van der Waals surface area contributed by atoms with Gasteiger partial charge < -0.3 is 4.90 Å². The van der Waals surface area contributed by atoms with Crippen LogP contribution in [0.5, 0.6) is 0 Å². The van der Waals surface area contributed by atoms with Gasteiger partial charge in [-0.25, -0.2) is 0 Å². The third-order valence-electron chi connectivity index (χ3n) is 2.77. The number of pyridine rings is 1. The topological polar surface area (TPSA) is 16.1 Å². The van der Waals surface area contributed by atoms with Crippen molar-refractivity contribution in [2.75, 3.05) is 11.9 Å². The van der Waals surface area contributed by atoms with Gasteiger partial charge in [-0.05, 0) is 23.8 Å². The van der Waals surface area contributed by atoms with E-state index in [1.807, 2.05) is 37.4 Å². The summed E-state index contributed by atoms with van der Waals surface area (Å²) in [5.74, 6) is 0.466. The number of anilines is 1. The van der Waals surface area contributed by atoms with Gasteiger partial charge in [-0.3, -0.25) is 4.98 Å². The zero-order valence-electron chi connectivity index (χ0n) is 10.1. The van der Waals surface area contributed by atoms with Gasteiger partial charge in [-0.1, -0.05) is 23.7 Å². The second-order valence-corrected chi connectivity index (χ2v) is 4.82. The first kappa shape index (κ1) is 13.2. The third-order valence-corrected chi connectivity index (χ3v) is 3.31. The Hall–Kier alpha value is -1.25. The van der Waals surface area contributed by atoms with Gasteiger partial charge in [-0.2, -0.15) is 0 Å². The van der Waals surface area contributed by atoms with Crippen molar-refractivity contribution in [3.8, 4) is 0 Å². The van der Waals surface area contributed by atoms with E-state index < -0.39 is 0 Å². The summed E-state index contributed by atoms with van der Waals surface area (Å²) in [6, 6.07) is 9.84. The minimum absolute atomic E-state index is 0.466. The average molecular weight is 281 g/mol. The Morgan fingerprint density at radius 3 is 2.56 bits per heavy atom. The zero-order valence-corrected chi connectivity index (χ0v) is 11.6. The van der Waals surface area contributed by atoms with E-state index in [1.165, 1.54) is 5.56 Å². The number of benzene rings is 1. The molecule has 0 radical (unpaired) electrons. The number of hydrogen-bond donors (Lipinski definition) is 0. The molecule has 2 aromatic rings. The molecule has 0 fully saturated rings. The van der Waals surface area contributed by atoms with E-state index in [2.05, 4.69) is 9.88 Å². The number of rotatable bonds is 4. The first-order valence-electron chi connectivity index (χ1n) is 5.65. The van der Waals surface area contributed by atoms with Crippen molar-refractivity contribution in [3.05, 3.63) is 58.9 Å². The van der Waals surface area contributed by atoms with Crippen molar-refractivity contribution in [1.82, 2.24) is 4.98 Å². The number of alkyl halides is 1. The molecule has 2 nitrogen and oxygen atoms in total. The second kappa shape index (κ2) is 6.07. The van der Waals surface area contributed by atoms with Crippen LogP contribution >= 0.6 is 23.2 Å². The number of hydrogen-bond acceptors (Lipinski definition) is 2. The third kappa shape index (κ3) is 3.15. The fourth-order valence-electron chi connectivity index (χ4n) is 1.84. The maximum absolute atomic E-state index is 5.92. The Labute approximate surface area is 117 Å². The molecule has 0 aliphatic rings. The minimum atomic E-state index is 0.466. The molecule has 0 bridgehead atoms. The molecule has 0 saturated heterocycles. The Kier molecular flexibility index (Phi) is 4.45. The lowest BCUT2D eigenvalue weighted by Gasteiger charge is -2.21. The van der Waals surface area contributed by atoms with Crippen LogP contribution in [0.4, 0.5) is 5.69 Å². The van der Waals surface area contributed by atoms with Crippen molar-refractivity contribution in [3.63, 3.8) is 0 Å². The quantitative estimate of drug-likeness (QED) is 0.784. The van der Waals surface area contributed by atoms with Crippen LogP contribution < -0.4 is 4.90 Å². The number of nitrogens with zero attached hydrogens (tertiary/aromatic N) is 2. The summed E-state index contributed by atoms with van der Waals surface area (Å²) < 4.78 is 0. The molecule has 4 heteroatoms. The van der Waals surface area contributed by atoms with E-state index in [4.69, 9.17) is 23.2 Å². The SMILES string of the molecule is CN(Cc1ccc(Cl)cc1)c1ccncc1CCl. The van der Waals surface area contributed by atoms with Gasteiger partial charge in [0.15, 0.2) is 0 Å². The van der Waals surface area contributed by atoms with E-state index in [0.717, 1.165) is 22.8 Å². The summed E-state index contributed by atoms with van der Waals surface area (Å²) in [6.07, 6.45) is 3.59. The molecule has 18 heavy (non-hydrogen) atoms. The Morgan fingerprint density at radius 2 is 1.89 bits per heavy atom. The Balaban J connectivity index is 2.16. The summed E-state index contributed by atoms with van der Waals surface area (Å²) in [5, 5.41) is 0.756. The number of halogens is 2. The predicted octanol–water partition coefficient (Wildman–Crippen LogP) is 4.11. The molecule has 0 aliphatic heterocycles. The molecular weight excluding hydrogens is 267 g/mol. The molecule has 0 spiro atoms. The van der Waals surface area contributed by atoms with Gasteiger partial charge >= 0.3 is 0 Å². The maximum atomic E-state index is 5.92. The van der Waals surface area contributed by atoms with E-state index in [-0.39, 0.29) is 0 Å². The Morgan fingerprint density at radius 1 is 1.17 bits per heavy atom. The smallest absolute Gasteiger partial charge is 0.0509 e. The highest BCUT2D eigenvalue weighted by atomic mass is 35.5. The molecular formula is C14H14Cl2N2. The fourth-order valence-corrected chi connectivity index (χ4v) is 2.18. The van der Waals surface area contributed by atoms with Gasteiger partial charge in [0, 0.05) is 42.3 Å². The van der Waals surface area contributed by atoms with E-state index in [0.29, 0.717) is 5.88 Å². The first-order valence-corrected chi connectivity index (χ1v) is 6.56. The first-order chi connectivity index (χ1) is 8.70. The monoisotopic (exact) mass is 280 g/mol. The minimum Gasteiger partial charge on any atom is -0.370 e. The highest BCUT2D eigenvalue weighted by Gasteiger charge is 2.07. The normalized spacial score (nSPS) is 10.4. The fraction of sp³-hybridized carbons (Fsp3) is 0.214. The van der Waals surface area contributed by atoms with Crippen LogP contribution in [0.3, 0.4) is 0 Å². The summed E-state index contributed by atoms with van der Waals surface area (Å²) in [7, 11) is 2.04. The lowest BCUT2D eigenvalue weighted by atomic mass is 10.2. The molecule has 2 rings (SSSR count). The molecule has 0 atom stereocenters. The maximum Gasteiger partial charge on any atom is 0.0509 e. The van der Waals surface area contributed by atoms with Crippen LogP contribution in [-0.2, 0) is 12.4 Å². The largest absolute Gasteiger partial charge is 0.370 e. The molecule has 0 unspecified atom stereocenters. The predicted molar refractivity (Wildman–Crippen MR) is 77.4 cm³/mol. The van der Waals surface area contributed by atoms with Crippen LogP contribution in [0, 0.1) is 0 Å². The van der Waals surface area contributed by atoms with Crippen LogP contribution in [0.15, 0.2) is 42.7 Å². The molecule has 0 N–H and O–H groups in total. The molecule has 1 aromatic heterocycles. The summed E-state index contributed by atoms with van der Waals surface area (Å²) in [4.78, 5) is 6.24. The van der Waals surface area contributed by atoms with Crippen LogP contribution in [0.2, 0.25) is 5.02 Å². The van der Waals surface area contributed by atoms with Crippen LogP contribution in [0.25, 0.3) is 0 Å². The van der Waals surface area contributed by atoms with Gasteiger partial charge in [0.05, 0.1) is 5.88 Å². The Bertz CT molecular complexity index is 511. The standard InChI is InChI=1S/C14H14Cl2N2/c1-18(10-11-2-4-13(16)5-3-11)14-6-7-17-9-12(14)8-15/h2-7,9H,8,10H2,1H3. The van der Waals surface area contributed by atoms with Gasteiger partial charge in [0.2, 0.25) is 0 Å². The van der Waals surface area contributed by atoms with Crippen LogP contribution in [-0.4, -0.2) is 12.0 Å².